The van der Waals surface area contributed by atoms with Gasteiger partial charge in [-0.15, -0.1) is 23.2 Å². The highest BCUT2D eigenvalue weighted by Gasteiger charge is 2.73. The molecular weight excluding hydrogens is 467 g/mol. The Morgan fingerprint density at radius 2 is 1.94 bits per heavy atom. The van der Waals surface area contributed by atoms with Crippen molar-refractivity contribution >= 4 is 40.7 Å². The molecule has 182 valence electrons. The second-order valence-electron chi connectivity index (χ2n) is 10.3. The summed E-state index contributed by atoms with van der Waals surface area (Å²) < 4.78 is 16.4. The first-order valence-electron chi connectivity index (χ1n) is 11.5. The number of rotatable bonds is 6. The molecule has 4 aliphatic carbocycles. The number of ether oxygens (including phenoxy) is 3. The zero-order chi connectivity index (χ0) is 24.2. The molecule has 0 aliphatic heterocycles. The molecule has 0 aromatic rings. The number of methoxy groups -OCH3 is 1. The zero-order valence-corrected chi connectivity index (χ0v) is 21.1. The molecule has 4 aliphatic rings. The van der Waals surface area contributed by atoms with E-state index in [1.165, 1.54) is 14.0 Å². The average Bonchev–Trinajstić information content (AvgIpc) is 3.05. The Labute approximate surface area is 205 Å². The van der Waals surface area contributed by atoms with E-state index in [1.807, 2.05) is 6.08 Å². The fourth-order valence-electron chi connectivity index (χ4n) is 7.35. The van der Waals surface area contributed by atoms with Crippen LogP contribution in [0.4, 0.5) is 0 Å². The van der Waals surface area contributed by atoms with E-state index < -0.39 is 32.7 Å². The van der Waals surface area contributed by atoms with Gasteiger partial charge in [0.05, 0.1) is 10.3 Å². The summed E-state index contributed by atoms with van der Waals surface area (Å²) in [6, 6.07) is 0. The van der Waals surface area contributed by atoms with Crippen LogP contribution in [0.3, 0.4) is 0 Å². The number of halogens is 2. The van der Waals surface area contributed by atoms with Crippen molar-refractivity contribution in [2.24, 2.45) is 22.7 Å². The standard InChI is InChI=1S/C25H32Cl2O6/c1-15(28)32-13-21(30)24(33-14-31-4)10-8-18-19-6-5-16-11-17(29)7-9-22(16,2)25(19,27)20(26)12-23(18,24)3/h7,9,11,18-20H,5-6,8,10,12-14H2,1-4H3/t18-,19-,20-,22-,23-,24-,25-/m0/s1. The van der Waals surface area contributed by atoms with Crippen LogP contribution in [0.5, 0.6) is 0 Å². The van der Waals surface area contributed by atoms with Crippen LogP contribution in [0, 0.1) is 22.7 Å². The first-order valence-corrected chi connectivity index (χ1v) is 12.3. The van der Waals surface area contributed by atoms with E-state index in [-0.39, 0.29) is 36.8 Å². The highest BCUT2D eigenvalue weighted by Crippen LogP contribution is 2.72. The summed E-state index contributed by atoms with van der Waals surface area (Å²) in [6.07, 6.45) is 8.46. The highest BCUT2D eigenvalue weighted by atomic mass is 35.5. The van der Waals surface area contributed by atoms with Gasteiger partial charge in [-0.05, 0) is 56.1 Å². The van der Waals surface area contributed by atoms with Gasteiger partial charge in [0, 0.05) is 24.9 Å². The minimum atomic E-state index is -1.18. The SMILES string of the molecule is COCO[C@]1(C(=O)COC(C)=O)CC[C@H]2[C@@H]3CCC4=CC(=O)C=C[C@]4(C)[C@@]3(Cl)[C@@H](Cl)C[C@@]21C. The summed E-state index contributed by atoms with van der Waals surface area (Å²) in [5.74, 6) is -0.697. The Balaban J connectivity index is 1.75. The van der Waals surface area contributed by atoms with Gasteiger partial charge in [0.2, 0.25) is 5.78 Å². The summed E-state index contributed by atoms with van der Waals surface area (Å²) >= 11 is 14.7. The molecule has 0 aromatic heterocycles. The smallest absolute Gasteiger partial charge is 0.303 e. The molecule has 0 aromatic carbocycles. The lowest BCUT2D eigenvalue weighted by Crippen LogP contribution is -2.68. The lowest BCUT2D eigenvalue weighted by molar-refractivity contribution is -0.202. The van der Waals surface area contributed by atoms with Crippen LogP contribution >= 0.6 is 23.2 Å². The molecule has 0 N–H and O–H groups in total. The number of allylic oxidation sites excluding steroid dienone is 4. The Bertz CT molecular complexity index is 930. The Kier molecular flexibility index (Phi) is 6.39. The summed E-state index contributed by atoms with van der Waals surface area (Å²) in [7, 11) is 1.51. The molecule has 0 amide bonds. The number of hydrogen-bond donors (Lipinski definition) is 0. The van der Waals surface area contributed by atoms with Gasteiger partial charge < -0.3 is 14.2 Å². The topological polar surface area (TPSA) is 78.9 Å². The van der Waals surface area contributed by atoms with E-state index in [4.69, 9.17) is 37.4 Å². The molecule has 6 nitrogen and oxygen atoms in total. The van der Waals surface area contributed by atoms with Crippen LogP contribution in [-0.2, 0) is 28.6 Å². The maximum atomic E-state index is 13.5. The third-order valence-electron chi connectivity index (χ3n) is 9.00. The minimum absolute atomic E-state index is 0.0168. The molecule has 0 saturated heterocycles. The maximum Gasteiger partial charge on any atom is 0.303 e. The van der Waals surface area contributed by atoms with Crippen LogP contribution in [0.2, 0.25) is 0 Å². The van der Waals surface area contributed by atoms with Gasteiger partial charge >= 0.3 is 5.97 Å². The van der Waals surface area contributed by atoms with E-state index in [0.29, 0.717) is 12.8 Å². The Morgan fingerprint density at radius 3 is 2.61 bits per heavy atom. The molecular formula is C25H32Cl2O6. The van der Waals surface area contributed by atoms with Gasteiger partial charge in [-0.2, -0.15) is 0 Å². The van der Waals surface area contributed by atoms with E-state index in [9.17, 15) is 14.4 Å². The Hall–Kier alpha value is -1.21. The molecule has 33 heavy (non-hydrogen) atoms. The normalized spacial score (nSPS) is 43.9. The van der Waals surface area contributed by atoms with Crippen LogP contribution in [0.1, 0.15) is 52.9 Å². The number of Topliss-reactive ketones (excluding diaryl/α,β-unsaturated/α-hetero) is 1. The molecule has 4 rings (SSSR count). The molecule has 0 unspecified atom stereocenters. The molecule has 8 heteroatoms. The van der Waals surface area contributed by atoms with Crippen LogP contribution < -0.4 is 0 Å². The summed E-state index contributed by atoms with van der Waals surface area (Å²) in [5, 5.41) is -0.470. The lowest BCUT2D eigenvalue weighted by atomic mass is 9.46. The van der Waals surface area contributed by atoms with Crippen molar-refractivity contribution in [2.45, 2.75) is 68.7 Å². The summed E-state index contributed by atoms with van der Waals surface area (Å²) in [4.78, 5) is 36.2. The van der Waals surface area contributed by atoms with E-state index in [1.54, 1.807) is 12.2 Å². The highest BCUT2D eigenvalue weighted by molar-refractivity contribution is 6.34. The van der Waals surface area contributed by atoms with Gasteiger partial charge in [-0.1, -0.05) is 25.5 Å². The monoisotopic (exact) mass is 498 g/mol. The lowest BCUT2D eigenvalue weighted by Gasteiger charge is -2.64. The predicted molar refractivity (Wildman–Crippen MR) is 124 cm³/mol. The van der Waals surface area contributed by atoms with Crippen molar-refractivity contribution in [3.63, 3.8) is 0 Å². The van der Waals surface area contributed by atoms with E-state index in [2.05, 4.69) is 13.8 Å². The third kappa shape index (κ3) is 3.39. The van der Waals surface area contributed by atoms with Crippen molar-refractivity contribution < 1.29 is 28.6 Å². The molecule has 0 heterocycles. The minimum Gasteiger partial charge on any atom is -0.458 e. The summed E-state index contributed by atoms with van der Waals surface area (Å²) in [6.45, 7) is 5.02. The molecule has 3 fully saturated rings. The molecule has 7 atom stereocenters. The van der Waals surface area contributed by atoms with Crippen LogP contribution in [-0.4, -0.2) is 53.9 Å². The van der Waals surface area contributed by atoms with Crippen molar-refractivity contribution in [3.8, 4) is 0 Å². The van der Waals surface area contributed by atoms with Crippen LogP contribution in [0.25, 0.3) is 0 Å². The first kappa shape index (κ1) is 24.9. The number of hydrogen-bond acceptors (Lipinski definition) is 6. The largest absolute Gasteiger partial charge is 0.458 e. The van der Waals surface area contributed by atoms with Gasteiger partial charge in [-0.25, -0.2) is 0 Å². The van der Waals surface area contributed by atoms with E-state index in [0.717, 1.165) is 24.8 Å². The third-order valence-corrected chi connectivity index (χ3v) is 10.5. The van der Waals surface area contributed by atoms with Gasteiger partial charge in [0.15, 0.2) is 12.4 Å². The van der Waals surface area contributed by atoms with Crippen molar-refractivity contribution in [1.29, 1.82) is 0 Å². The number of alkyl halides is 2. The Morgan fingerprint density at radius 1 is 1.21 bits per heavy atom. The van der Waals surface area contributed by atoms with Crippen molar-refractivity contribution in [1.82, 2.24) is 0 Å². The zero-order valence-electron chi connectivity index (χ0n) is 19.6. The number of ketones is 2. The molecule has 0 radical (unpaired) electrons. The van der Waals surface area contributed by atoms with Crippen molar-refractivity contribution in [2.75, 3.05) is 20.5 Å². The van der Waals surface area contributed by atoms with Crippen molar-refractivity contribution in [3.05, 3.63) is 23.8 Å². The van der Waals surface area contributed by atoms with Crippen LogP contribution in [0.15, 0.2) is 23.8 Å². The van der Waals surface area contributed by atoms with Gasteiger partial charge in [0.25, 0.3) is 0 Å². The fraction of sp³-hybridized carbons (Fsp3) is 0.720. The number of carbonyl (C=O) groups excluding carboxylic acids is 3. The predicted octanol–water partition coefficient (Wildman–Crippen LogP) is 4.36. The number of carbonyl (C=O) groups is 3. The van der Waals surface area contributed by atoms with Gasteiger partial charge in [0.1, 0.15) is 12.4 Å². The second-order valence-corrected chi connectivity index (χ2v) is 11.5. The maximum absolute atomic E-state index is 13.5. The summed E-state index contributed by atoms with van der Waals surface area (Å²) in [5.41, 5.74) is -1.30. The van der Waals surface area contributed by atoms with E-state index >= 15 is 0 Å². The fourth-order valence-corrected chi connectivity index (χ4v) is 8.58. The number of esters is 1. The molecule has 0 bridgehead atoms. The molecule has 0 spiro atoms. The second kappa shape index (κ2) is 8.47. The first-order chi connectivity index (χ1) is 15.5. The molecule has 3 saturated carbocycles. The quantitative estimate of drug-likeness (QED) is 0.307. The number of fused-ring (bicyclic) bond motifs is 5. The average molecular weight is 499 g/mol. The van der Waals surface area contributed by atoms with Gasteiger partial charge in [-0.3, -0.25) is 14.4 Å².